The van der Waals surface area contributed by atoms with Gasteiger partial charge in [0.05, 0.1) is 11.9 Å². The predicted octanol–water partition coefficient (Wildman–Crippen LogP) is 4.66. The number of ketones is 1. The summed E-state index contributed by atoms with van der Waals surface area (Å²) in [5.74, 6) is 1.38. The largest absolute Gasteiger partial charge is 0.379 e. The summed E-state index contributed by atoms with van der Waals surface area (Å²) >= 11 is 5.98. The smallest absolute Gasteiger partial charge is 0.276 e. The fraction of sp³-hybridized carbons (Fsp3) is 0.536. The maximum atomic E-state index is 13.1. The van der Waals surface area contributed by atoms with Crippen LogP contribution >= 0.6 is 11.6 Å². The van der Waals surface area contributed by atoms with Crippen LogP contribution < -0.4 is 21.7 Å². The third-order valence-electron chi connectivity index (χ3n) is 8.24. The highest BCUT2D eigenvalue weighted by atomic mass is 35.5. The number of amides is 1. The highest BCUT2D eigenvalue weighted by molar-refractivity contribution is 6.29. The number of fused-ring (bicyclic) bond motifs is 1. The molecule has 3 fully saturated rings. The second-order valence-corrected chi connectivity index (χ2v) is 11.8. The van der Waals surface area contributed by atoms with E-state index in [9.17, 15) is 9.59 Å². The number of hydrogen-bond acceptors (Lipinski definition) is 8. The highest BCUT2D eigenvalue weighted by Crippen LogP contribution is 2.34. The van der Waals surface area contributed by atoms with Gasteiger partial charge in [-0.2, -0.15) is 0 Å². The summed E-state index contributed by atoms with van der Waals surface area (Å²) in [6, 6.07) is 6.13. The Morgan fingerprint density at radius 3 is 2.49 bits per heavy atom. The Kier molecular flexibility index (Phi) is 7.40. The van der Waals surface area contributed by atoms with Gasteiger partial charge in [-0.1, -0.05) is 11.6 Å². The lowest BCUT2D eigenvalue weighted by Gasteiger charge is -2.29. The lowest BCUT2D eigenvalue weighted by atomic mass is 9.81. The van der Waals surface area contributed by atoms with E-state index < -0.39 is 0 Å². The number of anilines is 3. The molecule has 3 aliphatic carbocycles. The van der Waals surface area contributed by atoms with Crippen molar-refractivity contribution in [3.63, 3.8) is 0 Å². The molecule has 0 unspecified atom stereocenters. The first-order chi connectivity index (χ1) is 18.9. The zero-order valence-corrected chi connectivity index (χ0v) is 22.7. The van der Waals surface area contributed by atoms with E-state index in [1.807, 2.05) is 6.07 Å². The first kappa shape index (κ1) is 26.0. The maximum Gasteiger partial charge on any atom is 0.276 e. The Bertz CT molecular complexity index is 1360. The van der Waals surface area contributed by atoms with Crippen LogP contribution in [0.1, 0.15) is 74.7 Å². The Morgan fingerprint density at radius 2 is 1.77 bits per heavy atom. The average molecular weight is 551 g/mol. The number of aromatic nitrogens is 4. The first-order valence-corrected chi connectivity index (χ1v) is 14.4. The zero-order chi connectivity index (χ0) is 26.9. The third-order valence-corrected chi connectivity index (χ3v) is 8.45. The van der Waals surface area contributed by atoms with Crippen LogP contribution in [0.4, 0.5) is 17.2 Å². The number of rotatable bonds is 9. The van der Waals surface area contributed by atoms with Gasteiger partial charge in [0, 0.05) is 48.4 Å². The molecule has 0 radical (unpaired) electrons. The molecule has 2 atom stereocenters. The van der Waals surface area contributed by atoms with Gasteiger partial charge in [-0.15, -0.1) is 5.10 Å². The Hall–Kier alpha value is -3.24. The average Bonchev–Trinajstić information content (AvgIpc) is 3.44. The van der Waals surface area contributed by atoms with Crippen molar-refractivity contribution in [2.45, 2.75) is 82.3 Å². The molecule has 0 spiro atoms. The number of halogens is 1. The topological polar surface area (TPSA) is 139 Å². The number of pyridine rings is 1. The normalized spacial score (nSPS) is 25.0. The Balaban J connectivity index is 1.14. The van der Waals surface area contributed by atoms with Crippen molar-refractivity contribution < 1.29 is 9.59 Å². The van der Waals surface area contributed by atoms with Crippen LogP contribution in [-0.2, 0) is 4.79 Å². The SMILES string of the molecule is N[C@@H]1CC[C@H](C(=O)CC2CCC(Nc3cc(NC4CC4)c4ncc(C(=O)Nc5ccnc(Cl)c5)n4n3)CC2)C1. The van der Waals surface area contributed by atoms with Gasteiger partial charge < -0.3 is 21.7 Å². The molecule has 3 heterocycles. The van der Waals surface area contributed by atoms with E-state index in [1.54, 1.807) is 29.0 Å². The van der Waals surface area contributed by atoms with Crippen molar-refractivity contribution >= 4 is 46.1 Å². The molecule has 11 heteroatoms. The number of imidazole rings is 1. The number of carbonyl (C=O) groups excluding carboxylic acids is 2. The molecule has 10 nitrogen and oxygen atoms in total. The van der Waals surface area contributed by atoms with Crippen LogP contribution in [-0.4, -0.2) is 49.4 Å². The number of nitrogens with two attached hydrogens (primary N) is 1. The quantitative estimate of drug-likeness (QED) is 0.282. The molecule has 1 amide bonds. The van der Waals surface area contributed by atoms with Crippen molar-refractivity contribution in [2.24, 2.45) is 17.6 Å². The molecular formula is C28H35ClN8O2. The molecule has 6 rings (SSSR count). The molecule has 0 aliphatic heterocycles. The van der Waals surface area contributed by atoms with Crippen molar-refractivity contribution in [1.82, 2.24) is 19.6 Å². The standard InChI is InChI=1S/C28H35ClN8O2/c29-25-13-21(9-10-31-25)35-28(39)23-15-32-27-22(33-19-7-8-19)14-26(36-37(23)27)34-20-5-1-16(2-6-20)11-24(38)17-3-4-18(30)12-17/h9-10,13-20,33H,1-8,11-12,30H2,(H,34,36)(H,31,35,39)/t16?,17-,18+,20?/m0/s1. The molecule has 0 aromatic carbocycles. The van der Waals surface area contributed by atoms with E-state index in [1.165, 1.54) is 0 Å². The molecule has 3 saturated carbocycles. The van der Waals surface area contributed by atoms with Crippen LogP contribution in [0.15, 0.2) is 30.6 Å². The summed E-state index contributed by atoms with van der Waals surface area (Å²) in [6.45, 7) is 0. The summed E-state index contributed by atoms with van der Waals surface area (Å²) in [5.41, 5.74) is 8.36. The lowest BCUT2D eigenvalue weighted by Crippen LogP contribution is -2.29. The van der Waals surface area contributed by atoms with Crippen molar-refractivity contribution in [3.8, 4) is 0 Å². The van der Waals surface area contributed by atoms with E-state index in [-0.39, 0.29) is 23.9 Å². The van der Waals surface area contributed by atoms with Gasteiger partial charge >= 0.3 is 0 Å². The van der Waals surface area contributed by atoms with Gasteiger partial charge in [-0.3, -0.25) is 9.59 Å². The summed E-state index contributed by atoms with van der Waals surface area (Å²) in [5, 5.41) is 15.0. The Labute approximate surface area is 232 Å². The lowest BCUT2D eigenvalue weighted by molar-refractivity contribution is -0.123. The maximum absolute atomic E-state index is 13.1. The minimum Gasteiger partial charge on any atom is -0.379 e. The number of carbonyl (C=O) groups is 2. The second-order valence-electron chi connectivity index (χ2n) is 11.4. The van der Waals surface area contributed by atoms with Crippen LogP contribution in [0.25, 0.3) is 5.65 Å². The van der Waals surface area contributed by atoms with E-state index in [2.05, 4.69) is 25.9 Å². The van der Waals surface area contributed by atoms with E-state index >= 15 is 0 Å². The van der Waals surface area contributed by atoms with Gasteiger partial charge in [0.2, 0.25) is 0 Å². The second kappa shape index (κ2) is 11.1. The van der Waals surface area contributed by atoms with Gasteiger partial charge in [-0.05, 0) is 75.8 Å². The molecule has 3 aromatic heterocycles. The Morgan fingerprint density at radius 1 is 1.00 bits per heavy atom. The zero-order valence-electron chi connectivity index (χ0n) is 21.9. The van der Waals surface area contributed by atoms with Gasteiger partial charge in [-0.25, -0.2) is 14.5 Å². The van der Waals surface area contributed by atoms with Crippen molar-refractivity contribution in [1.29, 1.82) is 0 Å². The molecule has 39 heavy (non-hydrogen) atoms. The molecule has 3 aromatic rings. The molecular weight excluding hydrogens is 516 g/mol. The number of nitrogens with zero attached hydrogens (tertiary/aromatic N) is 4. The summed E-state index contributed by atoms with van der Waals surface area (Å²) in [4.78, 5) is 34.3. The number of nitrogens with one attached hydrogen (secondary N) is 3. The van der Waals surface area contributed by atoms with Crippen LogP contribution in [0.5, 0.6) is 0 Å². The molecule has 0 bridgehead atoms. The van der Waals surface area contributed by atoms with Crippen molar-refractivity contribution in [3.05, 3.63) is 41.4 Å². The van der Waals surface area contributed by atoms with Gasteiger partial charge in [0.25, 0.3) is 5.91 Å². The monoisotopic (exact) mass is 550 g/mol. The van der Waals surface area contributed by atoms with E-state index in [0.717, 1.165) is 63.5 Å². The summed E-state index contributed by atoms with van der Waals surface area (Å²) in [7, 11) is 0. The molecule has 3 aliphatic rings. The van der Waals surface area contributed by atoms with E-state index in [0.29, 0.717) is 52.2 Å². The van der Waals surface area contributed by atoms with Gasteiger partial charge in [0.1, 0.15) is 16.8 Å². The number of Topliss-reactive ketones (excluding diaryl/α,β-unsaturated/α-hetero) is 1. The molecule has 206 valence electrons. The van der Waals surface area contributed by atoms with Gasteiger partial charge in [0.15, 0.2) is 11.3 Å². The number of hydrogen-bond donors (Lipinski definition) is 4. The van der Waals surface area contributed by atoms with E-state index in [4.69, 9.17) is 22.4 Å². The fourth-order valence-corrected chi connectivity index (χ4v) is 6.08. The molecule has 0 saturated heterocycles. The predicted molar refractivity (Wildman–Crippen MR) is 151 cm³/mol. The fourth-order valence-electron chi connectivity index (χ4n) is 5.90. The third kappa shape index (κ3) is 6.17. The summed E-state index contributed by atoms with van der Waals surface area (Å²) in [6.07, 6.45) is 12.8. The molecule has 5 N–H and O–H groups in total. The van der Waals surface area contributed by atoms with Crippen LogP contribution in [0.3, 0.4) is 0 Å². The van der Waals surface area contributed by atoms with Crippen LogP contribution in [0, 0.1) is 11.8 Å². The van der Waals surface area contributed by atoms with Crippen molar-refractivity contribution in [2.75, 3.05) is 16.0 Å². The van der Waals surface area contributed by atoms with Crippen LogP contribution in [0.2, 0.25) is 5.15 Å². The first-order valence-electron chi connectivity index (χ1n) is 14.0. The summed E-state index contributed by atoms with van der Waals surface area (Å²) < 4.78 is 1.60. The minimum atomic E-state index is -0.333. The minimum absolute atomic E-state index is 0.168. The highest BCUT2D eigenvalue weighted by Gasteiger charge is 2.31.